The van der Waals surface area contributed by atoms with Crippen molar-refractivity contribution in [3.05, 3.63) is 59.5 Å². The van der Waals surface area contributed by atoms with Crippen molar-refractivity contribution >= 4 is 5.82 Å². The number of nitriles is 1. The first-order valence-electron chi connectivity index (χ1n) is 9.31. The molecular formula is C20H25FN6. The van der Waals surface area contributed by atoms with Crippen molar-refractivity contribution < 1.29 is 5.82 Å². The first kappa shape index (κ1) is 17.9. The second-order valence-corrected chi connectivity index (χ2v) is 7.09. The smallest absolute Gasteiger partial charge is 0.146 e. The maximum absolute atomic E-state index is 13.2. The quantitative estimate of drug-likeness (QED) is 0.860. The number of nitrogens with one attached hydrogen (secondary N) is 2. The van der Waals surface area contributed by atoms with Gasteiger partial charge >= 0.3 is 0 Å². The number of hydrazine groups is 1. The molecule has 1 aromatic heterocycles. The highest BCUT2D eigenvalue weighted by molar-refractivity contribution is 5.53. The van der Waals surface area contributed by atoms with Crippen LogP contribution in [-0.2, 0) is 0 Å². The Labute approximate surface area is 160 Å². The number of anilines is 1. The molecule has 2 aliphatic rings. The van der Waals surface area contributed by atoms with Gasteiger partial charge in [-0.1, -0.05) is 12.1 Å². The third kappa shape index (κ3) is 3.93. The summed E-state index contributed by atoms with van der Waals surface area (Å²) in [5.41, 5.74) is 8.31. The van der Waals surface area contributed by atoms with Gasteiger partial charge in [-0.25, -0.2) is 14.8 Å². The van der Waals surface area contributed by atoms with Crippen molar-refractivity contribution in [2.24, 2.45) is 5.92 Å². The zero-order valence-corrected chi connectivity index (χ0v) is 15.1. The van der Waals surface area contributed by atoms with Crippen LogP contribution in [0.3, 0.4) is 0 Å². The summed E-state index contributed by atoms with van der Waals surface area (Å²) in [6.07, 6.45) is 1.74. The predicted molar refractivity (Wildman–Crippen MR) is 103 cm³/mol. The summed E-state index contributed by atoms with van der Waals surface area (Å²) in [5.74, 6) is 1.00. The molecule has 0 aliphatic carbocycles. The first-order chi connectivity index (χ1) is 13.2. The molecule has 6 nitrogen and oxygen atoms in total. The van der Waals surface area contributed by atoms with E-state index < -0.39 is 0 Å². The molecule has 7 heteroatoms. The van der Waals surface area contributed by atoms with Crippen LogP contribution in [0.2, 0.25) is 0 Å². The van der Waals surface area contributed by atoms with E-state index in [1.807, 2.05) is 18.2 Å². The molecule has 142 valence electrons. The molecule has 2 unspecified atom stereocenters. The third-order valence-electron chi connectivity index (χ3n) is 5.39. The standard InChI is InChI=1S/C20H23FN6.H2/c21-18-5-3-15(4-6-18)19-17(13-24-25-19)14-26-8-10-27(11-9-26)20-16(12-22)2-1-7-23-20;/h1-7,17,19,24-25H,8-11,13-14H2;1H. The Morgan fingerprint density at radius 3 is 2.70 bits per heavy atom. The fourth-order valence-electron chi connectivity index (χ4n) is 3.94. The third-order valence-corrected chi connectivity index (χ3v) is 5.39. The largest absolute Gasteiger partial charge is 0.353 e. The Balaban J connectivity index is 0.00000225. The average Bonchev–Trinajstić information content (AvgIpc) is 3.17. The summed E-state index contributed by atoms with van der Waals surface area (Å²) in [5, 5.41) is 9.28. The van der Waals surface area contributed by atoms with E-state index in [9.17, 15) is 9.65 Å². The van der Waals surface area contributed by atoms with Crippen molar-refractivity contribution in [3.63, 3.8) is 0 Å². The molecule has 2 fully saturated rings. The minimum absolute atomic E-state index is 0. The zero-order valence-electron chi connectivity index (χ0n) is 15.1. The van der Waals surface area contributed by atoms with E-state index in [1.54, 1.807) is 12.3 Å². The fraction of sp³-hybridized carbons (Fsp3) is 0.400. The molecule has 2 saturated heterocycles. The molecule has 0 radical (unpaired) electrons. The number of hydrogen-bond donors (Lipinski definition) is 2. The van der Waals surface area contributed by atoms with Crippen LogP contribution in [0.5, 0.6) is 0 Å². The maximum atomic E-state index is 13.2. The minimum Gasteiger partial charge on any atom is -0.353 e. The van der Waals surface area contributed by atoms with Gasteiger partial charge in [0.2, 0.25) is 0 Å². The van der Waals surface area contributed by atoms with Crippen molar-refractivity contribution in [3.8, 4) is 6.07 Å². The fourth-order valence-corrected chi connectivity index (χ4v) is 3.94. The highest BCUT2D eigenvalue weighted by Gasteiger charge is 2.31. The van der Waals surface area contributed by atoms with Crippen LogP contribution in [0.15, 0.2) is 42.6 Å². The van der Waals surface area contributed by atoms with E-state index in [2.05, 4.69) is 31.7 Å². The highest BCUT2D eigenvalue weighted by Crippen LogP contribution is 2.26. The van der Waals surface area contributed by atoms with Crippen LogP contribution in [0.4, 0.5) is 10.2 Å². The van der Waals surface area contributed by atoms with Gasteiger partial charge < -0.3 is 4.90 Å². The molecule has 27 heavy (non-hydrogen) atoms. The van der Waals surface area contributed by atoms with E-state index in [0.29, 0.717) is 11.5 Å². The number of halogens is 1. The molecule has 2 aromatic rings. The number of nitrogens with zero attached hydrogens (tertiary/aromatic N) is 4. The van der Waals surface area contributed by atoms with Gasteiger partial charge in [0.15, 0.2) is 0 Å². The van der Waals surface area contributed by atoms with Crippen LogP contribution in [-0.4, -0.2) is 49.2 Å². The van der Waals surface area contributed by atoms with Crippen LogP contribution in [0.25, 0.3) is 0 Å². The predicted octanol–water partition coefficient (Wildman–Crippen LogP) is 1.93. The van der Waals surface area contributed by atoms with Gasteiger partial charge in [-0.3, -0.25) is 10.3 Å². The van der Waals surface area contributed by atoms with Crippen LogP contribution in [0, 0.1) is 23.1 Å². The van der Waals surface area contributed by atoms with Crippen molar-refractivity contribution in [1.29, 1.82) is 5.26 Å². The summed E-state index contributed by atoms with van der Waals surface area (Å²) >= 11 is 0. The first-order valence-corrected chi connectivity index (χ1v) is 9.31. The van der Waals surface area contributed by atoms with Gasteiger partial charge in [-0.05, 0) is 29.8 Å². The van der Waals surface area contributed by atoms with E-state index in [0.717, 1.165) is 50.6 Å². The van der Waals surface area contributed by atoms with E-state index >= 15 is 0 Å². The van der Waals surface area contributed by atoms with Gasteiger partial charge in [0.05, 0.1) is 11.6 Å². The molecule has 2 aliphatic heterocycles. The number of hydrogen-bond acceptors (Lipinski definition) is 6. The lowest BCUT2D eigenvalue weighted by Crippen LogP contribution is -2.48. The Hall–Kier alpha value is -2.53. The lowest BCUT2D eigenvalue weighted by molar-refractivity contribution is 0.214. The number of benzene rings is 1. The summed E-state index contributed by atoms with van der Waals surface area (Å²) in [6, 6.07) is 12.8. The zero-order chi connectivity index (χ0) is 18.6. The van der Waals surface area contributed by atoms with E-state index in [1.165, 1.54) is 12.1 Å². The molecule has 0 spiro atoms. The Kier molecular flexibility index (Phi) is 5.30. The number of rotatable bonds is 4. The second kappa shape index (κ2) is 8.01. The highest BCUT2D eigenvalue weighted by atomic mass is 19.1. The average molecular weight is 368 g/mol. The van der Waals surface area contributed by atoms with Crippen LogP contribution < -0.4 is 15.8 Å². The normalized spacial score (nSPS) is 23.3. The van der Waals surface area contributed by atoms with Crippen LogP contribution >= 0.6 is 0 Å². The summed E-state index contributed by atoms with van der Waals surface area (Å²) in [4.78, 5) is 9.05. The van der Waals surface area contributed by atoms with Gasteiger partial charge in [-0.2, -0.15) is 5.26 Å². The summed E-state index contributed by atoms with van der Waals surface area (Å²) in [7, 11) is 0. The molecular weight excluding hydrogens is 343 g/mol. The summed E-state index contributed by atoms with van der Waals surface area (Å²) in [6.45, 7) is 5.47. The van der Waals surface area contributed by atoms with Crippen molar-refractivity contribution in [1.82, 2.24) is 20.7 Å². The van der Waals surface area contributed by atoms with Crippen molar-refractivity contribution in [2.75, 3.05) is 44.2 Å². The van der Waals surface area contributed by atoms with E-state index in [-0.39, 0.29) is 13.3 Å². The van der Waals surface area contributed by atoms with Crippen molar-refractivity contribution in [2.45, 2.75) is 6.04 Å². The molecule has 2 N–H and O–H groups in total. The van der Waals surface area contributed by atoms with Gasteiger partial charge in [0, 0.05) is 52.8 Å². The Bertz CT molecular complexity index is 816. The monoisotopic (exact) mass is 368 g/mol. The molecule has 0 amide bonds. The number of piperazine rings is 1. The van der Waals surface area contributed by atoms with Gasteiger partial charge in [-0.15, -0.1) is 0 Å². The molecule has 2 atom stereocenters. The summed E-state index contributed by atoms with van der Waals surface area (Å²) < 4.78 is 13.2. The van der Waals surface area contributed by atoms with Crippen LogP contribution in [0.1, 0.15) is 18.6 Å². The van der Waals surface area contributed by atoms with Gasteiger partial charge in [0.1, 0.15) is 17.7 Å². The molecule has 0 saturated carbocycles. The molecule has 4 rings (SSSR count). The lowest BCUT2D eigenvalue weighted by Gasteiger charge is -2.37. The molecule has 0 bridgehead atoms. The lowest BCUT2D eigenvalue weighted by atomic mass is 9.94. The number of aromatic nitrogens is 1. The SMILES string of the molecule is N#Cc1cccnc1N1CCN(CC2CNNC2c2ccc(F)cc2)CC1.[HH]. The molecule has 1 aromatic carbocycles. The number of pyridine rings is 1. The molecule has 3 heterocycles. The van der Waals surface area contributed by atoms with E-state index in [4.69, 9.17) is 0 Å². The Morgan fingerprint density at radius 1 is 1.19 bits per heavy atom. The van der Waals surface area contributed by atoms with Gasteiger partial charge in [0.25, 0.3) is 0 Å². The Morgan fingerprint density at radius 2 is 1.96 bits per heavy atom. The minimum atomic E-state index is -0.205. The topological polar surface area (TPSA) is 67.2 Å². The maximum Gasteiger partial charge on any atom is 0.146 e. The second-order valence-electron chi connectivity index (χ2n) is 7.09.